The molecule has 0 bridgehead atoms. The van der Waals surface area contributed by atoms with Crippen molar-refractivity contribution in [2.45, 2.75) is 24.3 Å². The summed E-state index contributed by atoms with van der Waals surface area (Å²) in [6.45, 7) is 2.20. The lowest BCUT2D eigenvalue weighted by Crippen LogP contribution is -2.48. The molecule has 9 heteroatoms. The molecule has 1 heterocycles. The van der Waals surface area contributed by atoms with Crippen molar-refractivity contribution in [3.8, 4) is 0 Å². The number of nitrogens with zero attached hydrogens (tertiary/aromatic N) is 2. The number of nitrogens with two attached hydrogens (primary N) is 1. The number of halogens is 1. The lowest BCUT2D eigenvalue weighted by molar-refractivity contribution is -0.388. The van der Waals surface area contributed by atoms with E-state index in [1.165, 1.54) is 0 Å². The molecule has 0 radical (unpaired) electrons. The van der Waals surface area contributed by atoms with Gasteiger partial charge in [-0.2, -0.15) is 4.31 Å². The van der Waals surface area contributed by atoms with Gasteiger partial charge in [-0.1, -0.05) is 6.92 Å². The molecule has 0 amide bonds. The van der Waals surface area contributed by atoms with Gasteiger partial charge in [-0.15, -0.1) is 0 Å². The number of sulfonamides is 1. The molecule has 2 N–H and O–H groups in total. The summed E-state index contributed by atoms with van der Waals surface area (Å²) in [4.78, 5) is 9.56. The summed E-state index contributed by atoms with van der Waals surface area (Å²) in [5, 5.41) is 11.0. The number of nitro groups is 1. The van der Waals surface area contributed by atoms with Crippen LogP contribution in [0, 0.1) is 21.8 Å². The van der Waals surface area contributed by atoms with E-state index in [-0.39, 0.29) is 25.0 Å². The Morgan fingerprint density at radius 2 is 2.10 bits per heavy atom. The highest BCUT2D eigenvalue weighted by Gasteiger charge is 2.36. The third-order valence-electron chi connectivity index (χ3n) is 3.39. The maximum atomic E-state index is 13.1. The fourth-order valence-electron chi connectivity index (χ4n) is 2.54. The fourth-order valence-corrected chi connectivity index (χ4v) is 4.29. The predicted octanol–water partition coefficient (Wildman–Crippen LogP) is 1.09. The number of benzene rings is 1. The van der Waals surface area contributed by atoms with Gasteiger partial charge in [0.2, 0.25) is 10.0 Å². The van der Waals surface area contributed by atoms with Gasteiger partial charge in [-0.3, -0.25) is 10.1 Å². The van der Waals surface area contributed by atoms with Gasteiger partial charge >= 0.3 is 0 Å². The zero-order valence-electron chi connectivity index (χ0n) is 11.4. The summed E-state index contributed by atoms with van der Waals surface area (Å²) in [5.74, 6) is -0.799. The van der Waals surface area contributed by atoms with Crippen LogP contribution in [0.4, 0.5) is 10.1 Å². The van der Waals surface area contributed by atoms with Crippen molar-refractivity contribution < 1.29 is 17.7 Å². The van der Waals surface area contributed by atoms with Crippen LogP contribution in [0.3, 0.4) is 0 Å². The first kappa shape index (κ1) is 15.8. The second-order valence-electron chi connectivity index (χ2n) is 5.29. The third kappa shape index (κ3) is 3.20. The van der Waals surface area contributed by atoms with E-state index in [0.29, 0.717) is 12.5 Å². The van der Waals surface area contributed by atoms with Crippen LogP contribution in [0.25, 0.3) is 0 Å². The van der Waals surface area contributed by atoms with Crippen LogP contribution < -0.4 is 5.73 Å². The lowest BCUT2D eigenvalue weighted by Gasteiger charge is -2.33. The van der Waals surface area contributed by atoms with Gasteiger partial charge in [0.1, 0.15) is 5.82 Å². The van der Waals surface area contributed by atoms with E-state index in [9.17, 15) is 22.9 Å². The molecule has 0 aliphatic carbocycles. The number of piperidine rings is 1. The van der Waals surface area contributed by atoms with Crippen LogP contribution in [0.5, 0.6) is 0 Å². The molecule has 0 saturated carbocycles. The van der Waals surface area contributed by atoms with Gasteiger partial charge in [0.05, 0.1) is 11.0 Å². The van der Waals surface area contributed by atoms with Crippen molar-refractivity contribution in [3.05, 3.63) is 34.1 Å². The molecule has 2 atom stereocenters. The molecular formula is C12H16FN3O4S. The topological polar surface area (TPSA) is 107 Å². The normalized spacial score (nSPS) is 24.0. The van der Waals surface area contributed by atoms with Crippen LogP contribution in [0.2, 0.25) is 0 Å². The molecule has 116 valence electrons. The molecule has 1 aliphatic rings. The molecule has 7 nitrogen and oxygen atoms in total. The molecule has 1 aromatic carbocycles. The van der Waals surface area contributed by atoms with Crippen LogP contribution in [-0.2, 0) is 10.0 Å². The van der Waals surface area contributed by atoms with Gasteiger partial charge < -0.3 is 5.73 Å². The van der Waals surface area contributed by atoms with Crippen molar-refractivity contribution in [1.82, 2.24) is 4.31 Å². The fraction of sp³-hybridized carbons (Fsp3) is 0.500. The molecule has 21 heavy (non-hydrogen) atoms. The van der Waals surface area contributed by atoms with Gasteiger partial charge in [-0.05, 0) is 24.5 Å². The molecule has 1 saturated heterocycles. The van der Waals surface area contributed by atoms with E-state index in [1.54, 1.807) is 0 Å². The zero-order chi connectivity index (χ0) is 15.8. The summed E-state index contributed by atoms with van der Waals surface area (Å²) >= 11 is 0. The Morgan fingerprint density at radius 1 is 1.43 bits per heavy atom. The SMILES string of the molecule is CC1CC(N)CN(S(=O)(=O)c2ccc(F)cc2[N+](=O)[O-])C1. The highest BCUT2D eigenvalue weighted by atomic mass is 32.2. The number of hydrogen-bond donors (Lipinski definition) is 1. The van der Waals surface area contributed by atoms with E-state index >= 15 is 0 Å². The summed E-state index contributed by atoms with van der Waals surface area (Å²) in [6, 6.07) is 2.11. The van der Waals surface area contributed by atoms with Crippen molar-refractivity contribution in [3.63, 3.8) is 0 Å². The molecule has 1 aliphatic heterocycles. The summed E-state index contributed by atoms with van der Waals surface area (Å²) in [5.41, 5.74) is 5.05. The molecule has 1 aromatic rings. The van der Waals surface area contributed by atoms with Crippen LogP contribution in [0.1, 0.15) is 13.3 Å². The highest BCUT2D eigenvalue weighted by Crippen LogP contribution is 2.29. The Balaban J connectivity index is 2.47. The van der Waals surface area contributed by atoms with Crippen molar-refractivity contribution in [2.24, 2.45) is 11.7 Å². The molecular weight excluding hydrogens is 301 g/mol. The summed E-state index contributed by atoms with van der Waals surface area (Å²) in [7, 11) is -4.08. The first-order valence-corrected chi connectivity index (χ1v) is 7.85. The van der Waals surface area contributed by atoms with Crippen LogP contribution >= 0.6 is 0 Å². The van der Waals surface area contributed by atoms with Crippen molar-refractivity contribution in [2.75, 3.05) is 13.1 Å². The average Bonchev–Trinajstić information content (AvgIpc) is 2.37. The smallest absolute Gasteiger partial charge is 0.292 e. The molecule has 1 fully saturated rings. The second kappa shape index (κ2) is 5.66. The Hall–Kier alpha value is -1.58. The molecule has 2 unspecified atom stereocenters. The Labute approximate surface area is 121 Å². The minimum Gasteiger partial charge on any atom is -0.326 e. The Bertz CT molecular complexity index is 654. The standard InChI is InChI=1S/C12H16FN3O4S/c1-8-4-10(14)7-15(6-8)21(19,20)12-3-2-9(13)5-11(12)16(17)18/h2-3,5,8,10H,4,6-7,14H2,1H3. The largest absolute Gasteiger partial charge is 0.326 e. The van der Waals surface area contributed by atoms with Crippen LogP contribution in [-0.4, -0.2) is 36.8 Å². The first-order chi connectivity index (χ1) is 9.71. The van der Waals surface area contributed by atoms with Gasteiger partial charge in [0, 0.05) is 19.1 Å². The second-order valence-corrected chi connectivity index (χ2v) is 7.20. The average molecular weight is 317 g/mol. The summed E-state index contributed by atoms with van der Waals surface area (Å²) in [6.07, 6.45) is 0.692. The minimum atomic E-state index is -4.08. The number of hydrogen-bond acceptors (Lipinski definition) is 5. The molecule has 2 rings (SSSR count). The monoisotopic (exact) mass is 317 g/mol. The Kier molecular flexibility index (Phi) is 4.26. The maximum Gasteiger partial charge on any atom is 0.292 e. The molecule has 0 aromatic heterocycles. The Morgan fingerprint density at radius 3 is 2.67 bits per heavy atom. The van der Waals surface area contributed by atoms with E-state index in [0.717, 1.165) is 16.4 Å². The first-order valence-electron chi connectivity index (χ1n) is 6.41. The quantitative estimate of drug-likeness (QED) is 0.663. The number of nitro benzene ring substituents is 1. The predicted molar refractivity (Wildman–Crippen MR) is 73.6 cm³/mol. The van der Waals surface area contributed by atoms with Gasteiger partial charge in [-0.25, -0.2) is 12.8 Å². The van der Waals surface area contributed by atoms with Crippen molar-refractivity contribution in [1.29, 1.82) is 0 Å². The van der Waals surface area contributed by atoms with E-state index in [4.69, 9.17) is 5.73 Å². The van der Waals surface area contributed by atoms with E-state index in [1.807, 2.05) is 6.92 Å². The lowest BCUT2D eigenvalue weighted by atomic mass is 9.99. The third-order valence-corrected chi connectivity index (χ3v) is 5.27. The zero-order valence-corrected chi connectivity index (χ0v) is 12.2. The molecule has 0 spiro atoms. The highest BCUT2D eigenvalue weighted by molar-refractivity contribution is 7.89. The number of rotatable bonds is 3. The van der Waals surface area contributed by atoms with E-state index < -0.39 is 31.3 Å². The van der Waals surface area contributed by atoms with Crippen LogP contribution in [0.15, 0.2) is 23.1 Å². The summed E-state index contributed by atoms with van der Waals surface area (Å²) < 4.78 is 39.4. The van der Waals surface area contributed by atoms with Gasteiger partial charge in [0.25, 0.3) is 5.69 Å². The van der Waals surface area contributed by atoms with Gasteiger partial charge in [0.15, 0.2) is 4.90 Å². The minimum absolute atomic E-state index is 0.0584. The maximum absolute atomic E-state index is 13.1. The van der Waals surface area contributed by atoms with E-state index in [2.05, 4.69) is 0 Å². The van der Waals surface area contributed by atoms with Crippen molar-refractivity contribution >= 4 is 15.7 Å².